The number of nitrogens with two attached hydrogens (primary N) is 3. The minimum absolute atomic E-state index is 0.142. The second kappa shape index (κ2) is 10.4. The van der Waals surface area contributed by atoms with E-state index in [2.05, 4.69) is 5.32 Å². The largest absolute Gasteiger partial charge is 0.391 e. The molecule has 0 aromatic carbocycles. The lowest BCUT2D eigenvalue weighted by Crippen LogP contribution is -2.67. The first-order chi connectivity index (χ1) is 14.9. The zero-order chi connectivity index (χ0) is 23.9. The molecule has 13 N–H and O–H groups in total. The number of hydrogen-bond acceptors (Lipinski definition) is 14. The molecule has 3 aliphatic rings. The zero-order valence-electron chi connectivity index (χ0n) is 17.9. The summed E-state index contributed by atoms with van der Waals surface area (Å²) in [6, 6.07) is -2.18. The molecule has 2 heterocycles. The van der Waals surface area contributed by atoms with Crippen molar-refractivity contribution in [2.75, 3.05) is 0 Å². The number of hydrogen-bond donors (Lipinski definition) is 10. The summed E-state index contributed by atoms with van der Waals surface area (Å²) in [5.74, 6) is 0. The fourth-order valence-corrected chi connectivity index (χ4v) is 4.27. The van der Waals surface area contributed by atoms with Crippen LogP contribution in [0.1, 0.15) is 20.3 Å². The van der Waals surface area contributed by atoms with Crippen LogP contribution in [0.25, 0.3) is 0 Å². The number of rotatable bonds is 6. The van der Waals surface area contributed by atoms with Crippen molar-refractivity contribution < 1.29 is 49.6 Å². The van der Waals surface area contributed by atoms with Gasteiger partial charge in [-0.2, -0.15) is 0 Å². The lowest BCUT2D eigenvalue weighted by Gasteiger charge is -2.46. The first kappa shape index (κ1) is 26.1. The molecule has 0 spiro atoms. The van der Waals surface area contributed by atoms with Crippen LogP contribution in [0.4, 0.5) is 0 Å². The molecular formula is C18H36N4O10. The van der Waals surface area contributed by atoms with E-state index in [1.807, 2.05) is 0 Å². The fraction of sp³-hybridized carbons (Fsp3) is 1.00. The third kappa shape index (κ3) is 5.24. The van der Waals surface area contributed by atoms with Gasteiger partial charge >= 0.3 is 0 Å². The summed E-state index contributed by atoms with van der Waals surface area (Å²) in [7, 11) is 0. The molecule has 0 aromatic heterocycles. The topological polar surface area (TPSA) is 248 Å². The number of aliphatic hydroxyl groups is 6. The first-order valence-corrected chi connectivity index (χ1v) is 10.7. The molecular weight excluding hydrogens is 432 g/mol. The second-order valence-electron chi connectivity index (χ2n) is 8.83. The van der Waals surface area contributed by atoms with Gasteiger partial charge in [0.05, 0.1) is 12.2 Å². The normalized spacial score (nSPS) is 52.0. The Morgan fingerprint density at radius 3 is 1.97 bits per heavy atom. The Morgan fingerprint density at radius 1 is 0.812 bits per heavy atom. The van der Waals surface area contributed by atoms with Crippen molar-refractivity contribution >= 4 is 0 Å². The van der Waals surface area contributed by atoms with Gasteiger partial charge < -0.3 is 66.8 Å². The summed E-state index contributed by atoms with van der Waals surface area (Å²) in [4.78, 5) is 0. The molecule has 3 fully saturated rings. The highest BCUT2D eigenvalue weighted by atomic mass is 16.7. The number of nitrogens with one attached hydrogen (secondary N) is 1. The van der Waals surface area contributed by atoms with Crippen molar-refractivity contribution in [2.45, 2.75) is 112 Å². The summed E-state index contributed by atoms with van der Waals surface area (Å²) >= 11 is 0. The third-order valence-electron chi connectivity index (χ3n) is 6.10. The average molecular weight is 469 g/mol. The van der Waals surface area contributed by atoms with Gasteiger partial charge in [0.15, 0.2) is 18.8 Å². The van der Waals surface area contributed by atoms with Crippen LogP contribution in [0.2, 0.25) is 0 Å². The van der Waals surface area contributed by atoms with Crippen LogP contribution >= 0.6 is 0 Å². The molecule has 2 aliphatic heterocycles. The predicted octanol–water partition coefficient (Wildman–Crippen LogP) is -5.70. The third-order valence-corrected chi connectivity index (χ3v) is 6.10. The molecule has 0 bridgehead atoms. The fourth-order valence-electron chi connectivity index (χ4n) is 4.27. The maximum absolute atomic E-state index is 10.7. The molecule has 14 nitrogen and oxygen atoms in total. The van der Waals surface area contributed by atoms with Crippen LogP contribution in [-0.4, -0.2) is 123 Å². The number of morpholine rings is 1. The van der Waals surface area contributed by atoms with Crippen LogP contribution < -0.4 is 22.5 Å². The van der Waals surface area contributed by atoms with Gasteiger partial charge in [-0.05, 0) is 20.3 Å². The second-order valence-corrected chi connectivity index (χ2v) is 8.83. The van der Waals surface area contributed by atoms with Gasteiger partial charge in [0.25, 0.3) is 0 Å². The quantitative estimate of drug-likeness (QED) is 0.174. The van der Waals surface area contributed by atoms with Gasteiger partial charge in [-0.15, -0.1) is 0 Å². The Hall–Kier alpha value is -0.560. The first-order valence-electron chi connectivity index (χ1n) is 10.7. The van der Waals surface area contributed by atoms with Gasteiger partial charge in [-0.25, -0.2) is 0 Å². The van der Waals surface area contributed by atoms with Crippen molar-refractivity contribution in [3.63, 3.8) is 0 Å². The van der Waals surface area contributed by atoms with Crippen LogP contribution in [0, 0.1) is 0 Å². The monoisotopic (exact) mass is 468 g/mol. The minimum atomic E-state index is -1.49. The summed E-state index contributed by atoms with van der Waals surface area (Å²) in [6.07, 6.45) is -15.0. The number of aliphatic hydroxyl groups excluding tert-OH is 6. The highest BCUT2D eigenvalue weighted by molar-refractivity contribution is 5.01. The highest BCUT2D eigenvalue weighted by Gasteiger charge is 2.52. The maximum atomic E-state index is 10.7. The Kier molecular flexibility index (Phi) is 8.44. The molecule has 14 heteroatoms. The maximum Gasteiger partial charge on any atom is 0.198 e. The van der Waals surface area contributed by atoms with Crippen molar-refractivity contribution in [2.24, 2.45) is 17.2 Å². The molecule has 0 aromatic rings. The van der Waals surface area contributed by atoms with Crippen LogP contribution in [-0.2, 0) is 18.9 Å². The van der Waals surface area contributed by atoms with E-state index in [0.717, 1.165) is 0 Å². The van der Waals surface area contributed by atoms with Crippen molar-refractivity contribution in [1.82, 2.24) is 5.32 Å². The smallest absolute Gasteiger partial charge is 0.198 e. The Balaban J connectivity index is 1.77. The van der Waals surface area contributed by atoms with Crippen LogP contribution in [0.15, 0.2) is 0 Å². The van der Waals surface area contributed by atoms with Crippen molar-refractivity contribution in [1.29, 1.82) is 0 Å². The van der Waals surface area contributed by atoms with E-state index in [9.17, 15) is 30.6 Å². The Morgan fingerprint density at radius 2 is 1.41 bits per heavy atom. The SMILES string of the molecule is C[C@H](N)C1OC(OC2C(O)C(N)CC(N)C2OC2OC([C@@H](C)O)[C@@H](O)N[C@H]2O)C(O)C1O. The van der Waals surface area contributed by atoms with E-state index in [1.165, 1.54) is 6.92 Å². The number of ether oxygens (including phenoxy) is 4. The lowest BCUT2D eigenvalue weighted by molar-refractivity contribution is -0.327. The summed E-state index contributed by atoms with van der Waals surface area (Å²) in [5, 5.41) is 63.6. The lowest BCUT2D eigenvalue weighted by atomic mass is 9.84. The van der Waals surface area contributed by atoms with Gasteiger partial charge in [0.2, 0.25) is 0 Å². The summed E-state index contributed by atoms with van der Waals surface area (Å²) in [6.45, 7) is 2.99. The van der Waals surface area contributed by atoms with Gasteiger partial charge in [0.1, 0.15) is 42.9 Å². The summed E-state index contributed by atoms with van der Waals surface area (Å²) in [5.41, 5.74) is 17.9. The van der Waals surface area contributed by atoms with Crippen molar-refractivity contribution in [3.8, 4) is 0 Å². The van der Waals surface area contributed by atoms with E-state index < -0.39 is 92.0 Å². The molecule has 32 heavy (non-hydrogen) atoms. The standard InChI is InChI=1S/C18H36N4O10/c1-4(19)11-9(25)10(26)17(29-11)32-14-8(24)6(20)3-7(21)13(14)31-18-16(28)22-15(27)12(30-18)5(2)23/h4-18,22-28H,3,19-21H2,1-2H3/t4-,5+,6?,7?,8?,9?,10?,11?,12?,13?,14?,15+,16-,17?,18?/m0/s1. The van der Waals surface area contributed by atoms with Gasteiger partial charge in [-0.3, -0.25) is 5.32 Å². The molecule has 3 rings (SSSR count). The van der Waals surface area contributed by atoms with Crippen LogP contribution in [0.5, 0.6) is 0 Å². The minimum Gasteiger partial charge on any atom is -0.391 e. The molecule has 0 amide bonds. The summed E-state index contributed by atoms with van der Waals surface area (Å²) < 4.78 is 22.6. The van der Waals surface area contributed by atoms with E-state index in [-0.39, 0.29) is 6.42 Å². The van der Waals surface area contributed by atoms with E-state index in [4.69, 9.17) is 36.1 Å². The molecule has 15 atom stereocenters. The molecule has 0 radical (unpaired) electrons. The molecule has 2 saturated heterocycles. The van der Waals surface area contributed by atoms with Gasteiger partial charge in [-0.1, -0.05) is 0 Å². The Bertz CT molecular complexity index is 618. The van der Waals surface area contributed by atoms with Gasteiger partial charge in [0, 0.05) is 18.1 Å². The molecule has 11 unspecified atom stereocenters. The zero-order valence-corrected chi connectivity index (χ0v) is 17.9. The van der Waals surface area contributed by atoms with E-state index in [1.54, 1.807) is 6.92 Å². The molecule has 188 valence electrons. The average Bonchev–Trinajstić information content (AvgIpc) is 2.98. The predicted molar refractivity (Wildman–Crippen MR) is 106 cm³/mol. The molecule has 1 saturated carbocycles. The van der Waals surface area contributed by atoms with E-state index >= 15 is 0 Å². The molecule has 1 aliphatic carbocycles. The van der Waals surface area contributed by atoms with Crippen molar-refractivity contribution in [3.05, 3.63) is 0 Å². The highest BCUT2D eigenvalue weighted by Crippen LogP contribution is 2.32. The Labute approximate surface area is 185 Å². The van der Waals surface area contributed by atoms with E-state index in [0.29, 0.717) is 0 Å². The van der Waals surface area contributed by atoms with Crippen LogP contribution in [0.3, 0.4) is 0 Å².